The third-order valence-electron chi connectivity index (χ3n) is 6.98. The third kappa shape index (κ3) is 5.76. The molecule has 0 saturated carbocycles. The maximum Gasteiger partial charge on any atom is 0.214 e. The van der Waals surface area contributed by atoms with Crippen LogP contribution in [0.15, 0.2) is 91.0 Å². The number of carbonyl (C=O) groups excluding carboxylic acids is 1. The molecule has 0 unspecified atom stereocenters. The van der Waals surface area contributed by atoms with E-state index in [9.17, 15) is 10.1 Å². The van der Waals surface area contributed by atoms with Crippen molar-refractivity contribution in [2.45, 2.75) is 26.3 Å². The van der Waals surface area contributed by atoms with E-state index in [2.05, 4.69) is 71.2 Å². The number of ketones is 1. The fourth-order valence-electron chi connectivity index (χ4n) is 4.81. The summed E-state index contributed by atoms with van der Waals surface area (Å²) in [5.74, 6) is 0.195. The second-order valence-corrected chi connectivity index (χ2v) is 10.2. The molecule has 5 rings (SSSR count). The molecule has 1 atom stereocenters. The highest BCUT2D eigenvalue weighted by Gasteiger charge is 2.25. The summed E-state index contributed by atoms with van der Waals surface area (Å²) in [6.45, 7) is 5.48. The minimum atomic E-state index is -0.294. The molecule has 1 aromatic heterocycles. The highest BCUT2D eigenvalue weighted by Crippen LogP contribution is 2.27. The van der Waals surface area contributed by atoms with Crippen molar-refractivity contribution in [1.82, 2.24) is 15.1 Å². The summed E-state index contributed by atoms with van der Waals surface area (Å²) in [4.78, 5) is 13.4. The Kier molecular flexibility index (Phi) is 8.26. The Hall–Kier alpha value is -4.44. The second-order valence-electron chi connectivity index (χ2n) is 9.79. The minimum absolute atomic E-state index is 0.117. The maximum absolute atomic E-state index is 13.4. The summed E-state index contributed by atoms with van der Waals surface area (Å²) in [7, 11) is 0. The molecule has 200 valence electrons. The SMILES string of the molecule is Cc1ccc(C(=O)c2nn(-c3ccc(Cl)cc3)c(NCCCN[C@H](C)c3cccc4ccccc34)c2C#N)cc1. The van der Waals surface area contributed by atoms with Crippen LogP contribution in [0.3, 0.4) is 0 Å². The van der Waals surface area contributed by atoms with Crippen LogP contribution in [-0.2, 0) is 0 Å². The maximum atomic E-state index is 13.4. The van der Waals surface area contributed by atoms with Crippen LogP contribution in [0.2, 0.25) is 5.02 Å². The first kappa shape index (κ1) is 27.1. The number of aromatic nitrogens is 2. The van der Waals surface area contributed by atoms with Gasteiger partial charge in [-0.25, -0.2) is 4.68 Å². The molecule has 1 heterocycles. The van der Waals surface area contributed by atoms with Crippen molar-refractivity contribution in [2.24, 2.45) is 0 Å². The van der Waals surface area contributed by atoms with Crippen LogP contribution in [0.4, 0.5) is 5.82 Å². The largest absolute Gasteiger partial charge is 0.369 e. The molecule has 4 aromatic carbocycles. The fourth-order valence-corrected chi connectivity index (χ4v) is 4.93. The lowest BCUT2D eigenvalue weighted by molar-refractivity contribution is 0.103. The normalized spacial score (nSPS) is 11.8. The summed E-state index contributed by atoms with van der Waals surface area (Å²) < 4.78 is 1.61. The van der Waals surface area contributed by atoms with Gasteiger partial charge in [-0.2, -0.15) is 10.4 Å². The molecule has 0 aliphatic carbocycles. The van der Waals surface area contributed by atoms with Crippen LogP contribution >= 0.6 is 11.6 Å². The molecule has 0 radical (unpaired) electrons. The first-order valence-electron chi connectivity index (χ1n) is 13.3. The van der Waals surface area contributed by atoms with Crippen molar-refractivity contribution >= 4 is 34.0 Å². The Morgan fingerprint density at radius 3 is 2.45 bits per heavy atom. The summed E-state index contributed by atoms with van der Waals surface area (Å²) in [5.41, 5.74) is 3.84. The monoisotopic (exact) mass is 547 g/mol. The fraction of sp³-hybridized carbons (Fsp3) is 0.182. The van der Waals surface area contributed by atoms with Crippen LogP contribution < -0.4 is 10.6 Å². The van der Waals surface area contributed by atoms with Crippen molar-refractivity contribution in [1.29, 1.82) is 5.26 Å². The average Bonchev–Trinajstić information content (AvgIpc) is 3.35. The van der Waals surface area contributed by atoms with Gasteiger partial charge in [-0.05, 0) is 67.4 Å². The number of fused-ring (bicyclic) bond motifs is 1. The van der Waals surface area contributed by atoms with Crippen LogP contribution in [-0.4, -0.2) is 28.7 Å². The Morgan fingerprint density at radius 2 is 1.70 bits per heavy atom. The molecule has 0 spiro atoms. The van der Waals surface area contributed by atoms with Gasteiger partial charge in [0.1, 0.15) is 17.5 Å². The topological polar surface area (TPSA) is 82.7 Å². The van der Waals surface area contributed by atoms with Gasteiger partial charge in [0.25, 0.3) is 0 Å². The Bertz CT molecular complexity index is 1680. The van der Waals surface area contributed by atoms with E-state index in [-0.39, 0.29) is 23.1 Å². The molecule has 0 saturated heterocycles. The first-order valence-corrected chi connectivity index (χ1v) is 13.7. The van der Waals surface area contributed by atoms with E-state index in [4.69, 9.17) is 11.6 Å². The Morgan fingerprint density at radius 1 is 0.975 bits per heavy atom. The number of nitriles is 1. The van der Waals surface area contributed by atoms with Crippen molar-refractivity contribution in [3.63, 3.8) is 0 Å². The number of hydrogen-bond donors (Lipinski definition) is 2. The molecule has 40 heavy (non-hydrogen) atoms. The van der Waals surface area contributed by atoms with Gasteiger partial charge < -0.3 is 10.6 Å². The van der Waals surface area contributed by atoms with E-state index < -0.39 is 0 Å². The Labute approximate surface area is 239 Å². The van der Waals surface area contributed by atoms with Crippen LogP contribution in [0.5, 0.6) is 0 Å². The number of halogens is 1. The molecule has 0 amide bonds. The van der Waals surface area contributed by atoms with E-state index in [1.54, 1.807) is 28.9 Å². The van der Waals surface area contributed by atoms with Crippen molar-refractivity contribution < 1.29 is 4.79 Å². The zero-order chi connectivity index (χ0) is 28.1. The lowest BCUT2D eigenvalue weighted by atomic mass is 10.00. The molecule has 2 N–H and O–H groups in total. The van der Waals surface area contributed by atoms with Gasteiger partial charge >= 0.3 is 0 Å². The zero-order valence-corrected chi connectivity index (χ0v) is 23.2. The number of aryl methyl sites for hydroxylation is 1. The number of benzene rings is 4. The molecular weight excluding hydrogens is 518 g/mol. The molecule has 0 fully saturated rings. The first-order chi connectivity index (χ1) is 19.5. The van der Waals surface area contributed by atoms with E-state index >= 15 is 0 Å². The van der Waals surface area contributed by atoms with Crippen molar-refractivity contribution in [2.75, 3.05) is 18.4 Å². The number of carbonyl (C=O) groups is 1. The van der Waals surface area contributed by atoms with Crippen molar-refractivity contribution in [3.8, 4) is 11.8 Å². The number of nitrogens with one attached hydrogen (secondary N) is 2. The molecule has 5 aromatic rings. The lowest BCUT2D eigenvalue weighted by Crippen LogP contribution is -2.22. The quantitative estimate of drug-likeness (QED) is 0.142. The van der Waals surface area contributed by atoms with Crippen LogP contribution in [0.25, 0.3) is 16.5 Å². The summed E-state index contributed by atoms with van der Waals surface area (Å²) in [6.07, 6.45) is 0.799. The van der Waals surface area contributed by atoms with Gasteiger partial charge in [0.05, 0.1) is 5.69 Å². The van der Waals surface area contributed by atoms with Gasteiger partial charge in [0.2, 0.25) is 5.78 Å². The average molecular weight is 548 g/mol. The lowest BCUT2D eigenvalue weighted by Gasteiger charge is -2.17. The Balaban J connectivity index is 1.33. The zero-order valence-electron chi connectivity index (χ0n) is 22.5. The second kappa shape index (κ2) is 12.2. The predicted octanol–water partition coefficient (Wildman–Crippen LogP) is 7.24. The summed E-state index contributed by atoms with van der Waals surface area (Å²) in [6, 6.07) is 31.6. The molecule has 7 heteroatoms. The van der Waals surface area contributed by atoms with Crippen LogP contribution in [0, 0.1) is 18.3 Å². The standard InChI is InChI=1S/C33H30ClN5O/c1-22-11-13-25(14-12-22)32(40)31-30(21-35)33(39(38-31)27-17-15-26(34)16-18-27)37-20-6-19-36-23(2)28-10-5-8-24-7-3-4-9-29(24)28/h3-5,7-18,23,36-37H,6,19-20H2,1-2H3/t23-/m1/s1. The number of rotatable bonds is 10. The predicted molar refractivity (Wildman–Crippen MR) is 161 cm³/mol. The highest BCUT2D eigenvalue weighted by molar-refractivity contribution is 6.30. The molecular formula is C33H30ClN5O. The molecule has 0 aliphatic rings. The highest BCUT2D eigenvalue weighted by atomic mass is 35.5. The van der Waals surface area contributed by atoms with E-state index in [0.29, 0.717) is 28.6 Å². The smallest absolute Gasteiger partial charge is 0.214 e. The van der Waals surface area contributed by atoms with Gasteiger partial charge in [-0.3, -0.25) is 4.79 Å². The number of anilines is 1. The van der Waals surface area contributed by atoms with E-state index in [1.165, 1.54) is 16.3 Å². The molecule has 0 bridgehead atoms. The summed E-state index contributed by atoms with van der Waals surface area (Å²) in [5, 5.41) is 24.8. The van der Waals surface area contributed by atoms with Crippen molar-refractivity contribution in [3.05, 3.63) is 124 Å². The molecule has 6 nitrogen and oxygen atoms in total. The van der Waals surface area contributed by atoms with Gasteiger partial charge in [-0.1, -0.05) is 83.9 Å². The van der Waals surface area contributed by atoms with E-state index in [0.717, 1.165) is 18.5 Å². The van der Waals surface area contributed by atoms with Gasteiger partial charge in [0.15, 0.2) is 5.69 Å². The number of hydrogen-bond acceptors (Lipinski definition) is 5. The van der Waals surface area contributed by atoms with Gasteiger partial charge in [-0.15, -0.1) is 0 Å². The summed E-state index contributed by atoms with van der Waals surface area (Å²) >= 11 is 6.11. The van der Waals surface area contributed by atoms with Gasteiger partial charge in [0, 0.05) is 23.2 Å². The third-order valence-corrected chi connectivity index (χ3v) is 7.24. The van der Waals surface area contributed by atoms with E-state index in [1.807, 2.05) is 31.2 Å². The molecule has 0 aliphatic heterocycles. The number of nitrogens with zero attached hydrogens (tertiary/aromatic N) is 3. The minimum Gasteiger partial charge on any atom is -0.369 e. The van der Waals surface area contributed by atoms with Crippen LogP contribution in [0.1, 0.15) is 52.1 Å².